The van der Waals surface area contributed by atoms with Gasteiger partial charge in [-0.05, 0) is 29.8 Å². The van der Waals surface area contributed by atoms with Crippen molar-refractivity contribution in [3.8, 4) is 11.8 Å². The number of carbonyl (C=O) groups is 1. The first-order valence-electron chi connectivity index (χ1n) is 10.5. The zero-order valence-corrected chi connectivity index (χ0v) is 18.2. The van der Waals surface area contributed by atoms with Crippen LogP contribution >= 0.6 is 0 Å². The highest BCUT2D eigenvalue weighted by Crippen LogP contribution is 2.18. The number of nitriles is 1. The van der Waals surface area contributed by atoms with E-state index in [1.807, 2.05) is 65.4 Å². The molecule has 0 N–H and O–H groups in total. The van der Waals surface area contributed by atoms with E-state index in [0.29, 0.717) is 42.3 Å². The highest BCUT2D eigenvalue weighted by atomic mass is 16.2. The van der Waals surface area contributed by atoms with Gasteiger partial charge in [0.1, 0.15) is 5.82 Å². The molecule has 4 aromatic rings. The van der Waals surface area contributed by atoms with Gasteiger partial charge >= 0.3 is 0 Å². The molecule has 8 heteroatoms. The number of aromatic nitrogens is 4. The van der Waals surface area contributed by atoms with Crippen LogP contribution in [0.15, 0.2) is 85.3 Å². The molecule has 164 valence electrons. The molecule has 0 bridgehead atoms. The molecule has 33 heavy (non-hydrogen) atoms. The molecule has 8 nitrogen and oxygen atoms in total. The Morgan fingerprint density at radius 3 is 2.45 bits per heavy atom. The number of hydrogen-bond donors (Lipinski definition) is 0. The van der Waals surface area contributed by atoms with E-state index in [0.717, 1.165) is 5.56 Å². The van der Waals surface area contributed by atoms with E-state index in [1.54, 1.807) is 36.8 Å². The summed E-state index contributed by atoms with van der Waals surface area (Å²) >= 11 is 0. The molecule has 0 aliphatic heterocycles. The maximum Gasteiger partial charge on any atom is 0.256 e. The smallest absolute Gasteiger partial charge is 0.256 e. The molecule has 0 fully saturated rings. The van der Waals surface area contributed by atoms with Gasteiger partial charge in [0.2, 0.25) is 0 Å². The van der Waals surface area contributed by atoms with Crippen molar-refractivity contribution in [2.24, 2.45) is 0 Å². The van der Waals surface area contributed by atoms with Crippen LogP contribution in [-0.4, -0.2) is 50.9 Å². The third-order valence-corrected chi connectivity index (χ3v) is 5.24. The van der Waals surface area contributed by atoms with E-state index in [4.69, 9.17) is 5.26 Å². The lowest BCUT2D eigenvalue weighted by atomic mass is 10.1. The van der Waals surface area contributed by atoms with E-state index >= 15 is 0 Å². The van der Waals surface area contributed by atoms with Gasteiger partial charge in [-0.1, -0.05) is 42.5 Å². The van der Waals surface area contributed by atoms with Gasteiger partial charge < -0.3 is 9.80 Å². The van der Waals surface area contributed by atoms with Crippen molar-refractivity contribution >= 4 is 11.7 Å². The van der Waals surface area contributed by atoms with Crippen molar-refractivity contribution < 1.29 is 4.79 Å². The van der Waals surface area contributed by atoms with Crippen molar-refractivity contribution in [1.29, 1.82) is 5.26 Å². The zero-order valence-electron chi connectivity index (χ0n) is 18.2. The Labute approximate surface area is 192 Å². The second-order valence-electron chi connectivity index (χ2n) is 7.48. The summed E-state index contributed by atoms with van der Waals surface area (Å²) in [4.78, 5) is 23.2. The molecular formula is C25H23N7O. The van der Waals surface area contributed by atoms with E-state index < -0.39 is 0 Å². The molecule has 0 saturated carbocycles. The molecule has 2 aromatic heterocycles. The van der Waals surface area contributed by atoms with Crippen LogP contribution < -0.4 is 4.90 Å². The summed E-state index contributed by atoms with van der Waals surface area (Å²) in [7, 11) is 1.90. The Bertz CT molecular complexity index is 1250. The van der Waals surface area contributed by atoms with Crippen LogP contribution in [0, 0.1) is 11.3 Å². The SMILES string of the molecule is CN(CCN(Cc1ccccc1)C(=O)c1ccccc1-n1nccn1)c1cc(C#N)ccn1. The van der Waals surface area contributed by atoms with Crippen molar-refractivity contribution in [1.82, 2.24) is 24.9 Å². The second-order valence-corrected chi connectivity index (χ2v) is 7.48. The Hall–Kier alpha value is -4.51. The van der Waals surface area contributed by atoms with E-state index in [2.05, 4.69) is 21.3 Å². The second kappa shape index (κ2) is 10.2. The Kier molecular flexibility index (Phi) is 6.71. The topological polar surface area (TPSA) is 90.9 Å². The molecule has 2 aromatic carbocycles. The lowest BCUT2D eigenvalue weighted by Crippen LogP contribution is -2.38. The molecule has 0 saturated heterocycles. The predicted molar refractivity (Wildman–Crippen MR) is 125 cm³/mol. The molecular weight excluding hydrogens is 414 g/mol. The highest BCUT2D eigenvalue weighted by Gasteiger charge is 2.21. The highest BCUT2D eigenvalue weighted by molar-refractivity contribution is 5.97. The first kappa shape index (κ1) is 21.7. The van der Waals surface area contributed by atoms with Gasteiger partial charge in [0.15, 0.2) is 0 Å². The van der Waals surface area contributed by atoms with Gasteiger partial charge in [-0.2, -0.15) is 20.3 Å². The Morgan fingerprint density at radius 1 is 0.970 bits per heavy atom. The fourth-order valence-electron chi connectivity index (χ4n) is 3.48. The monoisotopic (exact) mass is 437 g/mol. The van der Waals surface area contributed by atoms with Crippen molar-refractivity contribution in [3.05, 3.63) is 102 Å². The number of carbonyl (C=O) groups excluding carboxylic acids is 1. The maximum absolute atomic E-state index is 13.7. The van der Waals surface area contributed by atoms with Crippen LogP contribution in [0.4, 0.5) is 5.82 Å². The average molecular weight is 438 g/mol. The summed E-state index contributed by atoms with van der Waals surface area (Å²) in [5, 5.41) is 17.6. The van der Waals surface area contributed by atoms with E-state index in [-0.39, 0.29) is 5.91 Å². The first-order valence-corrected chi connectivity index (χ1v) is 10.5. The van der Waals surface area contributed by atoms with E-state index in [1.165, 1.54) is 4.80 Å². The number of likely N-dealkylation sites (N-methyl/N-ethyl adjacent to an activating group) is 1. The van der Waals surface area contributed by atoms with Gasteiger partial charge in [-0.25, -0.2) is 4.98 Å². The number of amides is 1. The number of para-hydroxylation sites is 1. The summed E-state index contributed by atoms with van der Waals surface area (Å²) in [6.07, 6.45) is 4.78. The molecule has 2 heterocycles. The zero-order chi connectivity index (χ0) is 23.0. The molecule has 0 aliphatic carbocycles. The predicted octanol–water partition coefficient (Wildman–Crippen LogP) is 3.31. The number of hydrogen-bond acceptors (Lipinski definition) is 6. The lowest BCUT2D eigenvalue weighted by molar-refractivity contribution is 0.0747. The minimum Gasteiger partial charge on any atom is -0.358 e. The maximum atomic E-state index is 13.7. The molecule has 0 radical (unpaired) electrons. The van der Waals surface area contributed by atoms with Crippen molar-refractivity contribution in [2.75, 3.05) is 25.0 Å². The summed E-state index contributed by atoms with van der Waals surface area (Å²) < 4.78 is 0. The van der Waals surface area contributed by atoms with Crippen LogP contribution in [-0.2, 0) is 6.54 Å². The Morgan fingerprint density at radius 2 is 1.70 bits per heavy atom. The van der Waals surface area contributed by atoms with Gasteiger partial charge in [0.05, 0.1) is 35.3 Å². The summed E-state index contributed by atoms with van der Waals surface area (Å²) in [6, 6.07) is 22.7. The Balaban J connectivity index is 1.59. The van der Waals surface area contributed by atoms with Crippen LogP contribution in [0.1, 0.15) is 21.5 Å². The molecule has 0 aliphatic rings. The molecule has 4 rings (SSSR count). The largest absolute Gasteiger partial charge is 0.358 e. The first-order chi connectivity index (χ1) is 16.2. The average Bonchev–Trinajstić information content (AvgIpc) is 3.41. The van der Waals surface area contributed by atoms with Crippen molar-refractivity contribution in [3.63, 3.8) is 0 Å². The fraction of sp³-hybridized carbons (Fsp3) is 0.160. The van der Waals surface area contributed by atoms with Crippen LogP contribution in [0.2, 0.25) is 0 Å². The summed E-state index contributed by atoms with van der Waals surface area (Å²) in [5.74, 6) is 0.571. The third-order valence-electron chi connectivity index (χ3n) is 5.24. The minimum absolute atomic E-state index is 0.112. The van der Waals surface area contributed by atoms with Crippen LogP contribution in [0.25, 0.3) is 5.69 Å². The minimum atomic E-state index is -0.112. The summed E-state index contributed by atoms with van der Waals surface area (Å²) in [5.41, 5.74) is 2.73. The third kappa shape index (κ3) is 5.22. The number of pyridine rings is 1. The normalized spacial score (nSPS) is 10.4. The van der Waals surface area contributed by atoms with Gasteiger partial charge in [0, 0.05) is 32.9 Å². The number of anilines is 1. The van der Waals surface area contributed by atoms with E-state index in [9.17, 15) is 4.79 Å². The number of nitrogens with zero attached hydrogens (tertiary/aromatic N) is 7. The standard InChI is InChI=1S/C25H23N7O/c1-30(24-17-21(18-26)11-12-27-24)15-16-31(19-20-7-3-2-4-8-20)25(33)22-9-5-6-10-23(22)32-28-13-14-29-32/h2-14,17H,15-16,19H2,1H3. The van der Waals surface area contributed by atoms with Crippen LogP contribution in [0.5, 0.6) is 0 Å². The quantitative estimate of drug-likeness (QED) is 0.420. The van der Waals surface area contributed by atoms with Crippen LogP contribution in [0.3, 0.4) is 0 Å². The lowest BCUT2D eigenvalue weighted by Gasteiger charge is -2.27. The van der Waals surface area contributed by atoms with Crippen molar-refractivity contribution in [2.45, 2.75) is 6.54 Å². The molecule has 0 atom stereocenters. The van der Waals surface area contributed by atoms with Gasteiger partial charge in [-0.3, -0.25) is 4.79 Å². The molecule has 0 unspecified atom stereocenters. The van der Waals surface area contributed by atoms with Gasteiger partial charge in [-0.15, -0.1) is 0 Å². The molecule has 1 amide bonds. The summed E-state index contributed by atoms with van der Waals surface area (Å²) in [6.45, 7) is 1.46. The number of rotatable bonds is 8. The molecule has 0 spiro atoms. The number of benzene rings is 2. The fourth-order valence-corrected chi connectivity index (χ4v) is 3.48. The van der Waals surface area contributed by atoms with Gasteiger partial charge in [0.25, 0.3) is 5.91 Å².